The smallest absolute Gasteiger partial charge is 0.143 e. The molecule has 0 bridgehead atoms. The molecule has 2 nitrogen and oxygen atoms in total. The van der Waals surface area contributed by atoms with Crippen molar-refractivity contribution in [1.29, 1.82) is 0 Å². The van der Waals surface area contributed by atoms with E-state index in [9.17, 15) is 0 Å². The Kier molecular flexibility index (Phi) is 3.29. The number of aromatic nitrogens is 1. The Morgan fingerprint density at radius 2 is 2.33 bits per heavy atom. The summed E-state index contributed by atoms with van der Waals surface area (Å²) in [5, 5.41) is 0. The van der Waals surface area contributed by atoms with Crippen molar-refractivity contribution in [2.75, 3.05) is 4.90 Å². The molecule has 1 aliphatic heterocycles. The molecule has 2 atom stereocenters. The monoisotopic (exact) mass is 268 g/mol. The molecule has 2 rings (SSSR count). The molecule has 3 heteroatoms. The fraction of sp³-hybridized carbons (Fsp3) is 0.583. The summed E-state index contributed by atoms with van der Waals surface area (Å²) in [5.74, 6) is 1.11. The van der Waals surface area contributed by atoms with Crippen molar-refractivity contribution in [3.8, 4) is 0 Å². The standard InChI is InChI=1S/C12H17BrN2/c1-3-10-7-6-9(2)15(10)12-11(13)5-4-8-14-12/h4-5,8-10H,3,6-7H2,1-2H3. The molecule has 15 heavy (non-hydrogen) atoms. The fourth-order valence-corrected chi connectivity index (χ4v) is 2.88. The van der Waals surface area contributed by atoms with Crippen LogP contribution in [0.1, 0.15) is 33.1 Å². The van der Waals surface area contributed by atoms with E-state index in [1.807, 2.05) is 12.3 Å². The van der Waals surface area contributed by atoms with Crippen LogP contribution in [0.5, 0.6) is 0 Å². The van der Waals surface area contributed by atoms with Gasteiger partial charge in [-0.05, 0) is 54.2 Å². The van der Waals surface area contributed by atoms with Crippen LogP contribution in [0.2, 0.25) is 0 Å². The second kappa shape index (κ2) is 4.52. The summed E-state index contributed by atoms with van der Waals surface area (Å²) in [6.07, 6.45) is 5.65. The van der Waals surface area contributed by atoms with Crippen LogP contribution in [0, 0.1) is 0 Å². The fourth-order valence-electron chi connectivity index (χ4n) is 2.42. The third kappa shape index (κ3) is 2.03. The predicted molar refractivity (Wildman–Crippen MR) is 67.2 cm³/mol. The van der Waals surface area contributed by atoms with Crippen molar-refractivity contribution in [2.45, 2.75) is 45.2 Å². The van der Waals surface area contributed by atoms with Crippen LogP contribution in [0.25, 0.3) is 0 Å². The lowest BCUT2D eigenvalue weighted by molar-refractivity contribution is 0.620. The number of nitrogens with zero attached hydrogens (tertiary/aromatic N) is 2. The minimum absolute atomic E-state index is 0.612. The Morgan fingerprint density at radius 3 is 3.00 bits per heavy atom. The Hall–Kier alpha value is -0.570. The maximum absolute atomic E-state index is 4.49. The molecule has 2 heterocycles. The molecule has 1 fully saturated rings. The molecule has 1 aliphatic rings. The predicted octanol–water partition coefficient (Wildman–Crippen LogP) is 3.61. The van der Waals surface area contributed by atoms with Gasteiger partial charge in [0, 0.05) is 18.3 Å². The van der Waals surface area contributed by atoms with E-state index in [4.69, 9.17) is 0 Å². The van der Waals surface area contributed by atoms with Gasteiger partial charge in [-0.25, -0.2) is 4.98 Å². The van der Waals surface area contributed by atoms with Crippen LogP contribution in [0.4, 0.5) is 5.82 Å². The third-order valence-electron chi connectivity index (χ3n) is 3.24. The second-order valence-electron chi connectivity index (χ2n) is 4.20. The summed E-state index contributed by atoms with van der Waals surface area (Å²) in [7, 11) is 0. The van der Waals surface area contributed by atoms with Crippen molar-refractivity contribution in [1.82, 2.24) is 4.98 Å². The van der Waals surface area contributed by atoms with Crippen LogP contribution in [0.3, 0.4) is 0 Å². The highest BCUT2D eigenvalue weighted by Crippen LogP contribution is 2.34. The van der Waals surface area contributed by atoms with Crippen molar-refractivity contribution in [3.63, 3.8) is 0 Å². The number of hydrogen-bond donors (Lipinski definition) is 0. The molecule has 0 N–H and O–H groups in total. The molecule has 0 saturated carbocycles. The zero-order chi connectivity index (χ0) is 10.8. The Morgan fingerprint density at radius 1 is 1.53 bits per heavy atom. The first kappa shape index (κ1) is 10.9. The van der Waals surface area contributed by atoms with Crippen molar-refractivity contribution in [3.05, 3.63) is 22.8 Å². The van der Waals surface area contributed by atoms with E-state index in [-0.39, 0.29) is 0 Å². The third-order valence-corrected chi connectivity index (χ3v) is 3.86. The Balaban J connectivity index is 2.32. The number of anilines is 1. The summed E-state index contributed by atoms with van der Waals surface area (Å²) >= 11 is 3.59. The second-order valence-corrected chi connectivity index (χ2v) is 5.06. The molecule has 0 aliphatic carbocycles. The van der Waals surface area contributed by atoms with E-state index in [1.54, 1.807) is 0 Å². The molecular formula is C12H17BrN2. The molecule has 2 unspecified atom stereocenters. The van der Waals surface area contributed by atoms with E-state index in [1.165, 1.54) is 19.3 Å². The number of halogens is 1. The average Bonchev–Trinajstić information content (AvgIpc) is 2.60. The number of pyridine rings is 1. The maximum Gasteiger partial charge on any atom is 0.143 e. The van der Waals surface area contributed by atoms with Crippen LogP contribution >= 0.6 is 15.9 Å². The van der Waals surface area contributed by atoms with Gasteiger partial charge in [-0.3, -0.25) is 0 Å². The summed E-state index contributed by atoms with van der Waals surface area (Å²) in [6, 6.07) is 5.31. The summed E-state index contributed by atoms with van der Waals surface area (Å²) in [6.45, 7) is 4.54. The summed E-state index contributed by atoms with van der Waals surface area (Å²) in [5.41, 5.74) is 0. The van der Waals surface area contributed by atoms with Gasteiger partial charge < -0.3 is 4.90 Å². The Bertz CT molecular complexity index is 340. The van der Waals surface area contributed by atoms with Crippen LogP contribution in [-0.2, 0) is 0 Å². The van der Waals surface area contributed by atoms with E-state index in [0.29, 0.717) is 12.1 Å². The molecule has 1 aromatic heterocycles. The highest BCUT2D eigenvalue weighted by atomic mass is 79.9. The lowest BCUT2D eigenvalue weighted by Crippen LogP contribution is -2.35. The molecule has 0 radical (unpaired) electrons. The highest BCUT2D eigenvalue weighted by molar-refractivity contribution is 9.10. The molecule has 1 aromatic rings. The molecule has 0 spiro atoms. The molecule has 1 saturated heterocycles. The van der Waals surface area contributed by atoms with Crippen molar-refractivity contribution < 1.29 is 0 Å². The van der Waals surface area contributed by atoms with E-state index in [0.717, 1.165) is 10.3 Å². The van der Waals surface area contributed by atoms with E-state index in [2.05, 4.69) is 45.7 Å². The zero-order valence-electron chi connectivity index (χ0n) is 9.28. The van der Waals surface area contributed by atoms with Gasteiger partial charge in [-0.1, -0.05) is 6.92 Å². The van der Waals surface area contributed by atoms with Crippen molar-refractivity contribution in [2.24, 2.45) is 0 Å². The highest BCUT2D eigenvalue weighted by Gasteiger charge is 2.31. The molecule has 0 amide bonds. The van der Waals surface area contributed by atoms with Gasteiger partial charge in [0.05, 0.1) is 4.47 Å². The average molecular weight is 269 g/mol. The minimum Gasteiger partial charge on any atom is -0.350 e. The topological polar surface area (TPSA) is 16.1 Å². The normalized spacial score (nSPS) is 25.9. The first-order chi connectivity index (χ1) is 7.24. The largest absolute Gasteiger partial charge is 0.350 e. The van der Waals surface area contributed by atoms with Gasteiger partial charge >= 0.3 is 0 Å². The summed E-state index contributed by atoms with van der Waals surface area (Å²) in [4.78, 5) is 6.95. The van der Waals surface area contributed by atoms with Gasteiger partial charge in [0.15, 0.2) is 0 Å². The van der Waals surface area contributed by atoms with Crippen molar-refractivity contribution >= 4 is 21.7 Å². The molecule has 0 aromatic carbocycles. The lowest BCUT2D eigenvalue weighted by Gasteiger charge is -2.29. The van der Waals surface area contributed by atoms with Gasteiger partial charge in [-0.2, -0.15) is 0 Å². The number of hydrogen-bond acceptors (Lipinski definition) is 2. The first-order valence-electron chi connectivity index (χ1n) is 5.63. The van der Waals surface area contributed by atoms with Gasteiger partial charge in [0.2, 0.25) is 0 Å². The first-order valence-corrected chi connectivity index (χ1v) is 6.42. The SMILES string of the molecule is CCC1CCC(C)N1c1ncccc1Br. The quantitative estimate of drug-likeness (QED) is 0.815. The lowest BCUT2D eigenvalue weighted by atomic mass is 10.1. The Labute approximate surface area is 99.8 Å². The van der Waals surface area contributed by atoms with Gasteiger partial charge in [0.1, 0.15) is 5.82 Å². The van der Waals surface area contributed by atoms with Gasteiger partial charge in [-0.15, -0.1) is 0 Å². The van der Waals surface area contributed by atoms with Crippen LogP contribution in [0.15, 0.2) is 22.8 Å². The van der Waals surface area contributed by atoms with E-state index >= 15 is 0 Å². The van der Waals surface area contributed by atoms with Crippen LogP contribution in [-0.4, -0.2) is 17.1 Å². The number of rotatable bonds is 2. The van der Waals surface area contributed by atoms with Crippen LogP contribution < -0.4 is 4.90 Å². The summed E-state index contributed by atoms with van der Waals surface area (Å²) < 4.78 is 1.11. The minimum atomic E-state index is 0.612. The maximum atomic E-state index is 4.49. The molecular weight excluding hydrogens is 252 g/mol. The van der Waals surface area contributed by atoms with Gasteiger partial charge in [0.25, 0.3) is 0 Å². The van der Waals surface area contributed by atoms with E-state index < -0.39 is 0 Å². The zero-order valence-corrected chi connectivity index (χ0v) is 10.9. The molecule has 82 valence electrons.